The summed E-state index contributed by atoms with van der Waals surface area (Å²) in [5, 5.41) is 17.1. The molecule has 0 aromatic rings. The van der Waals surface area contributed by atoms with E-state index in [-0.39, 0.29) is 25.5 Å². The Morgan fingerprint density at radius 3 is 2.19 bits per heavy atom. The van der Waals surface area contributed by atoms with Crippen molar-refractivity contribution in [3.05, 3.63) is 0 Å². The second kappa shape index (κ2) is 7.51. The molecular formula is C10H17N3O3. The highest BCUT2D eigenvalue weighted by molar-refractivity contribution is 5.80. The number of hydrogen-bond acceptors (Lipinski definition) is 3. The normalized spacial score (nSPS) is 9.31. The van der Waals surface area contributed by atoms with Crippen LogP contribution in [0.25, 0.3) is 0 Å². The Morgan fingerprint density at radius 2 is 1.81 bits per heavy atom. The average molecular weight is 227 g/mol. The first-order chi connectivity index (χ1) is 7.56. The Hall–Kier alpha value is -1.77. The van der Waals surface area contributed by atoms with E-state index in [9.17, 15) is 9.59 Å². The van der Waals surface area contributed by atoms with Crippen LogP contribution in [-0.2, 0) is 4.79 Å². The summed E-state index contributed by atoms with van der Waals surface area (Å²) in [6, 6.07) is 1.57. The maximum Gasteiger partial charge on any atom is 0.323 e. The first-order valence-electron chi connectivity index (χ1n) is 5.19. The van der Waals surface area contributed by atoms with Gasteiger partial charge in [0.15, 0.2) is 0 Å². The molecule has 0 bridgehead atoms. The fourth-order valence-electron chi connectivity index (χ4n) is 1.28. The summed E-state index contributed by atoms with van der Waals surface area (Å²) in [7, 11) is 0. The zero-order valence-electron chi connectivity index (χ0n) is 9.64. The predicted octanol–water partition coefficient (Wildman–Crippen LogP) is 0.748. The SMILES string of the molecule is CCN(CC)C(=O)N(CCC#N)CC(=O)O. The lowest BCUT2D eigenvalue weighted by atomic mass is 10.4. The highest BCUT2D eigenvalue weighted by atomic mass is 16.4. The third-order valence-corrected chi connectivity index (χ3v) is 2.12. The van der Waals surface area contributed by atoms with Crippen LogP contribution >= 0.6 is 0 Å². The van der Waals surface area contributed by atoms with E-state index in [1.54, 1.807) is 0 Å². The summed E-state index contributed by atoms with van der Waals surface area (Å²) in [6.07, 6.45) is 0.139. The van der Waals surface area contributed by atoms with Gasteiger partial charge in [0.05, 0.1) is 12.5 Å². The molecule has 0 aliphatic carbocycles. The molecule has 0 unspecified atom stereocenters. The van der Waals surface area contributed by atoms with Gasteiger partial charge in [0.1, 0.15) is 6.54 Å². The van der Waals surface area contributed by atoms with Crippen molar-refractivity contribution in [1.82, 2.24) is 9.80 Å². The van der Waals surface area contributed by atoms with Gasteiger partial charge in [-0.2, -0.15) is 5.26 Å². The van der Waals surface area contributed by atoms with Crippen LogP contribution in [0.3, 0.4) is 0 Å². The van der Waals surface area contributed by atoms with Crippen molar-refractivity contribution < 1.29 is 14.7 Å². The third kappa shape index (κ3) is 4.64. The summed E-state index contributed by atoms with van der Waals surface area (Å²) in [5.74, 6) is -1.07. The molecule has 6 heteroatoms. The molecule has 2 amide bonds. The molecule has 90 valence electrons. The molecule has 6 nitrogen and oxygen atoms in total. The second-order valence-corrected chi connectivity index (χ2v) is 3.18. The fraction of sp³-hybridized carbons (Fsp3) is 0.700. The number of carbonyl (C=O) groups excluding carboxylic acids is 1. The second-order valence-electron chi connectivity index (χ2n) is 3.18. The van der Waals surface area contributed by atoms with Crippen LogP contribution in [0.2, 0.25) is 0 Å². The minimum Gasteiger partial charge on any atom is -0.480 e. The van der Waals surface area contributed by atoms with Crippen LogP contribution in [-0.4, -0.2) is 53.1 Å². The molecule has 0 aromatic carbocycles. The van der Waals surface area contributed by atoms with Crippen molar-refractivity contribution in [2.24, 2.45) is 0 Å². The molecule has 0 rings (SSSR count). The molecule has 0 radical (unpaired) electrons. The standard InChI is InChI=1S/C10H17N3O3/c1-3-12(4-2)10(16)13(7-5-6-11)8-9(14)15/h3-5,7-8H2,1-2H3,(H,14,15). The molecule has 0 spiro atoms. The fourth-order valence-corrected chi connectivity index (χ4v) is 1.28. The van der Waals surface area contributed by atoms with Crippen LogP contribution in [0.5, 0.6) is 0 Å². The van der Waals surface area contributed by atoms with Gasteiger partial charge in [0.25, 0.3) is 0 Å². The number of rotatable bonds is 6. The van der Waals surface area contributed by atoms with E-state index in [2.05, 4.69) is 0 Å². The van der Waals surface area contributed by atoms with Crippen molar-refractivity contribution in [2.45, 2.75) is 20.3 Å². The van der Waals surface area contributed by atoms with E-state index in [0.717, 1.165) is 0 Å². The lowest BCUT2D eigenvalue weighted by Gasteiger charge is -2.27. The highest BCUT2D eigenvalue weighted by Gasteiger charge is 2.20. The number of nitrogens with zero attached hydrogens (tertiary/aromatic N) is 3. The molecule has 0 aromatic heterocycles. The first kappa shape index (κ1) is 14.2. The number of amides is 2. The molecule has 16 heavy (non-hydrogen) atoms. The van der Waals surface area contributed by atoms with E-state index in [0.29, 0.717) is 13.1 Å². The Labute approximate surface area is 95.1 Å². The van der Waals surface area contributed by atoms with Crippen LogP contribution in [0.15, 0.2) is 0 Å². The smallest absolute Gasteiger partial charge is 0.323 e. The molecule has 1 N–H and O–H groups in total. The quantitative estimate of drug-likeness (QED) is 0.725. The van der Waals surface area contributed by atoms with Crippen molar-refractivity contribution in [2.75, 3.05) is 26.2 Å². The number of urea groups is 1. The Morgan fingerprint density at radius 1 is 1.25 bits per heavy atom. The molecule has 0 aliphatic heterocycles. The van der Waals surface area contributed by atoms with E-state index in [4.69, 9.17) is 10.4 Å². The molecule has 0 fully saturated rings. The topological polar surface area (TPSA) is 84.6 Å². The number of nitriles is 1. The molecule has 0 saturated heterocycles. The zero-order valence-corrected chi connectivity index (χ0v) is 9.64. The van der Waals surface area contributed by atoms with Gasteiger partial charge in [-0.25, -0.2) is 4.79 Å². The third-order valence-electron chi connectivity index (χ3n) is 2.12. The first-order valence-corrected chi connectivity index (χ1v) is 5.19. The average Bonchev–Trinajstić information content (AvgIpc) is 2.25. The Balaban J connectivity index is 4.54. The molecular weight excluding hydrogens is 210 g/mol. The summed E-state index contributed by atoms with van der Waals surface area (Å²) >= 11 is 0. The van der Waals surface area contributed by atoms with Crippen molar-refractivity contribution in [3.8, 4) is 6.07 Å². The summed E-state index contributed by atoms with van der Waals surface area (Å²) in [6.45, 7) is 4.49. The van der Waals surface area contributed by atoms with E-state index < -0.39 is 5.97 Å². The van der Waals surface area contributed by atoms with Gasteiger partial charge >= 0.3 is 12.0 Å². The predicted molar refractivity (Wildman–Crippen MR) is 57.8 cm³/mol. The number of hydrogen-bond donors (Lipinski definition) is 1. The monoisotopic (exact) mass is 227 g/mol. The van der Waals surface area contributed by atoms with Crippen LogP contribution in [0, 0.1) is 11.3 Å². The van der Waals surface area contributed by atoms with Crippen molar-refractivity contribution in [3.63, 3.8) is 0 Å². The van der Waals surface area contributed by atoms with Gasteiger partial charge in [-0.1, -0.05) is 0 Å². The van der Waals surface area contributed by atoms with Gasteiger partial charge in [0, 0.05) is 19.6 Å². The van der Waals surface area contributed by atoms with Crippen LogP contribution in [0.1, 0.15) is 20.3 Å². The molecule has 0 heterocycles. The minimum atomic E-state index is -1.07. The summed E-state index contributed by atoms with van der Waals surface area (Å²) in [5.41, 5.74) is 0. The Bertz CT molecular complexity index is 282. The maximum atomic E-state index is 11.8. The maximum absolute atomic E-state index is 11.8. The number of carboxylic acids is 1. The molecule has 0 aliphatic rings. The molecule has 0 atom stereocenters. The summed E-state index contributed by atoms with van der Waals surface area (Å²) in [4.78, 5) is 25.1. The largest absolute Gasteiger partial charge is 0.480 e. The minimum absolute atomic E-state index is 0.139. The van der Waals surface area contributed by atoms with Gasteiger partial charge in [0.2, 0.25) is 0 Å². The van der Waals surface area contributed by atoms with Crippen LogP contribution in [0.4, 0.5) is 4.79 Å². The van der Waals surface area contributed by atoms with Gasteiger partial charge in [-0.15, -0.1) is 0 Å². The van der Waals surface area contributed by atoms with Crippen molar-refractivity contribution in [1.29, 1.82) is 5.26 Å². The van der Waals surface area contributed by atoms with E-state index in [1.165, 1.54) is 9.80 Å². The number of carbonyl (C=O) groups is 2. The van der Waals surface area contributed by atoms with E-state index >= 15 is 0 Å². The summed E-state index contributed by atoms with van der Waals surface area (Å²) < 4.78 is 0. The Kier molecular flexibility index (Phi) is 6.68. The lowest BCUT2D eigenvalue weighted by Crippen LogP contribution is -2.45. The lowest BCUT2D eigenvalue weighted by molar-refractivity contribution is -0.137. The van der Waals surface area contributed by atoms with Crippen LogP contribution < -0.4 is 0 Å². The highest BCUT2D eigenvalue weighted by Crippen LogP contribution is 2.00. The van der Waals surface area contributed by atoms with E-state index in [1.807, 2.05) is 19.9 Å². The number of aliphatic carboxylic acids is 1. The van der Waals surface area contributed by atoms with Crippen molar-refractivity contribution >= 4 is 12.0 Å². The van der Waals surface area contributed by atoms with Gasteiger partial charge < -0.3 is 14.9 Å². The van der Waals surface area contributed by atoms with Gasteiger partial charge in [-0.3, -0.25) is 4.79 Å². The molecule has 0 saturated carbocycles. The zero-order chi connectivity index (χ0) is 12.6. The van der Waals surface area contributed by atoms with Gasteiger partial charge in [-0.05, 0) is 13.8 Å². The number of carboxylic acid groups (broad SMARTS) is 1.